The maximum atomic E-state index is 5.99. The highest BCUT2D eigenvalue weighted by Crippen LogP contribution is 2.21. The topological polar surface area (TPSA) is 30.7 Å². The quantitative estimate of drug-likeness (QED) is 0.678. The zero-order valence-electron chi connectivity index (χ0n) is 11.2. The van der Waals surface area contributed by atoms with Gasteiger partial charge in [-0.2, -0.15) is 5.10 Å². The number of aromatic nitrogens is 3. The molecule has 20 heavy (non-hydrogen) atoms. The molecule has 0 atom stereocenters. The summed E-state index contributed by atoms with van der Waals surface area (Å²) < 4.78 is 1.86. The highest BCUT2D eigenvalue weighted by molar-refractivity contribution is 6.29. The Morgan fingerprint density at radius 2 is 1.95 bits per heavy atom. The van der Waals surface area contributed by atoms with Crippen LogP contribution in [-0.4, -0.2) is 14.8 Å². The number of aryl methyl sites for hydroxylation is 1. The smallest absolute Gasteiger partial charge is 0.160 e. The van der Waals surface area contributed by atoms with Crippen molar-refractivity contribution in [1.29, 1.82) is 0 Å². The van der Waals surface area contributed by atoms with Crippen molar-refractivity contribution in [1.82, 2.24) is 14.8 Å². The number of benzene rings is 1. The summed E-state index contributed by atoms with van der Waals surface area (Å²) in [5.41, 5.74) is 4.04. The van der Waals surface area contributed by atoms with Crippen LogP contribution in [0, 0.1) is 6.92 Å². The first-order chi connectivity index (χ1) is 9.67. The number of rotatable bonds is 3. The molecule has 4 heteroatoms. The van der Waals surface area contributed by atoms with Gasteiger partial charge in [-0.1, -0.05) is 48.0 Å². The third-order valence-electron chi connectivity index (χ3n) is 3.24. The minimum Gasteiger partial charge on any atom is -0.242 e. The fourth-order valence-electron chi connectivity index (χ4n) is 2.18. The lowest BCUT2D eigenvalue weighted by molar-refractivity contribution is 0.702. The molecule has 0 aliphatic heterocycles. The number of hydrogen-bond acceptors (Lipinski definition) is 2. The minimum atomic E-state index is 0.471. The van der Waals surface area contributed by atoms with E-state index >= 15 is 0 Å². The van der Waals surface area contributed by atoms with Crippen LogP contribution in [0.4, 0.5) is 0 Å². The minimum absolute atomic E-state index is 0.471. The molecular weight excluding hydrogens is 270 g/mol. The molecule has 3 aromatic rings. The van der Waals surface area contributed by atoms with Crippen LogP contribution in [-0.2, 0) is 6.54 Å². The average molecular weight is 284 g/mol. The Kier molecular flexibility index (Phi) is 3.28. The molecule has 0 saturated carbocycles. The standard InChI is InChI=1S/C16H14ClN3/c1-3-14-13-8-9-15(17)18-16(13)20(19-14)10-12-6-4-11(2)5-7-12/h3-9H,1,10H2,2H3. The molecule has 100 valence electrons. The SMILES string of the molecule is C=Cc1nn(Cc2ccc(C)cc2)c2nc(Cl)ccc12. The first-order valence-corrected chi connectivity index (χ1v) is 6.76. The van der Waals surface area contributed by atoms with Gasteiger partial charge in [0, 0.05) is 5.39 Å². The Bertz CT molecular complexity index is 772. The molecule has 0 fully saturated rings. The summed E-state index contributed by atoms with van der Waals surface area (Å²) in [6.07, 6.45) is 1.74. The maximum absolute atomic E-state index is 5.99. The zero-order chi connectivity index (χ0) is 14.1. The van der Waals surface area contributed by atoms with Gasteiger partial charge >= 0.3 is 0 Å². The molecular formula is C16H14ClN3. The lowest BCUT2D eigenvalue weighted by atomic mass is 10.1. The van der Waals surface area contributed by atoms with Crippen molar-refractivity contribution < 1.29 is 0 Å². The number of halogens is 1. The Labute approximate surface area is 122 Å². The maximum Gasteiger partial charge on any atom is 0.160 e. The van der Waals surface area contributed by atoms with Crippen LogP contribution in [0.3, 0.4) is 0 Å². The number of nitrogens with zero attached hydrogens (tertiary/aromatic N) is 3. The van der Waals surface area contributed by atoms with Crippen molar-refractivity contribution in [3.63, 3.8) is 0 Å². The second-order valence-corrected chi connectivity index (χ2v) is 5.13. The summed E-state index contributed by atoms with van der Waals surface area (Å²) in [6.45, 7) is 6.54. The van der Waals surface area contributed by atoms with Crippen molar-refractivity contribution in [2.45, 2.75) is 13.5 Å². The summed E-state index contributed by atoms with van der Waals surface area (Å²) in [4.78, 5) is 4.38. The fourth-order valence-corrected chi connectivity index (χ4v) is 2.32. The van der Waals surface area contributed by atoms with E-state index in [9.17, 15) is 0 Å². The second-order valence-electron chi connectivity index (χ2n) is 4.74. The van der Waals surface area contributed by atoms with Gasteiger partial charge in [-0.25, -0.2) is 9.67 Å². The van der Waals surface area contributed by atoms with Crippen LogP contribution in [0.15, 0.2) is 43.0 Å². The molecule has 0 radical (unpaired) electrons. The molecule has 0 unspecified atom stereocenters. The van der Waals surface area contributed by atoms with Gasteiger partial charge in [-0.05, 0) is 30.7 Å². The average Bonchev–Trinajstić information content (AvgIpc) is 2.79. The molecule has 0 N–H and O–H groups in total. The molecule has 0 bridgehead atoms. The van der Waals surface area contributed by atoms with E-state index in [0.717, 1.165) is 16.7 Å². The molecule has 0 aliphatic rings. The molecule has 3 nitrogen and oxygen atoms in total. The van der Waals surface area contributed by atoms with E-state index in [0.29, 0.717) is 11.7 Å². The Morgan fingerprint density at radius 3 is 2.65 bits per heavy atom. The van der Waals surface area contributed by atoms with E-state index < -0.39 is 0 Å². The van der Waals surface area contributed by atoms with Crippen molar-refractivity contribution in [3.8, 4) is 0 Å². The van der Waals surface area contributed by atoms with Gasteiger partial charge in [-0.3, -0.25) is 0 Å². The number of pyridine rings is 1. The van der Waals surface area contributed by atoms with Crippen molar-refractivity contribution in [2.24, 2.45) is 0 Å². The number of hydrogen-bond donors (Lipinski definition) is 0. The largest absolute Gasteiger partial charge is 0.242 e. The molecule has 1 aromatic carbocycles. The molecule has 0 saturated heterocycles. The lowest BCUT2D eigenvalue weighted by Gasteiger charge is -2.04. The van der Waals surface area contributed by atoms with Gasteiger partial charge in [-0.15, -0.1) is 0 Å². The summed E-state index contributed by atoms with van der Waals surface area (Å²) >= 11 is 5.99. The van der Waals surface area contributed by atoms with Gasteiger partial charge in [0.2, 0.25) is 0 Å². The highest BCUT2D eigenvalue weighted by atomic mass is 35.5. The summed E-state index contributed by atoms with van der Waals surface area (Å²) in [6, 6.07) is 12.1. The van der Waals surface area contributed by atoms with Crippen molar-refractivity contribution >= 4 is 28.7 Å². The van der Waals surface area contributed by atoms with Gasteiger partial charge in [0.25, 0.3) is 0 Å². The summed E-state index contributed by atoms with van der Waals surface area (Å²) in [5.74, 6) is 0. The van der Waals surface area contributed by atoms with Crippen LogP contribution in [0.2, 0.25) is 5.15 Å². The second kappa shape index (κ2) is 5.10. The zero-order valence-corrected chi connectivity index (χ0v) is 11.9. The summed E-state index contributed by atoms with van der Waals surface area (Å²) in [7, 11) is 0. The first kappa shape index (κ1) is 12.9. The third-order valence-corrected chi connectivity index (χ3v) is 3.45. The molecule has 2 aromatic heterocycles. The molecule has 3 rings (SSSR count). The lowest BCUT2D eigenvalue weighted by Crippen LogP contribution is -2.02. The predicted molar refractivity (Wildman–Crippen MR) is 82.9 cm³/mol. The number of fused-ring (bicyclic) bond motifs is 1. The molecule has 0 spiro atoms. The van der Waals surface area contributed by atoms with Crippen molar-refractivity contribution in [3.05, 3.63) is 65.0 Å². The molecule has 0 amide bonds. The Morgan fingerprint density at radius 1 is 1.20 bits per heavy atom. The first-order valence-electron chi connectivity index (χ1n) is 6.38. The van der Waals surface area contributed by atoms with E-state index in [-0.39, 0.29) is 0 Å². The van der Waals surface area contributed by atoms with E-state index in [2.05, 4.69) is 47.9 Å². The van der Waals surface area contributed by atoms with Crippen LogP contribution < -0.4 is 0 Å². The molecule has 2 heterocycles. The van der Waals surface area contributed by atoms with Gasteiger partial charge in [0.05, 0.1) is 12.2 Å². The highest BCUT2D eigenvalue weighted by Gasteiger charge is 2.10. The van der Waals surface area contributed by atoms with Crippen molar-refractivity contribution in [2.75, 3.05) is 0 Å². The normalized spacial score (nSPS) is 10.9. The molecule has 0 aliphatic carbocycles. The van der Waals surface area contributed by atoms with Gasteiger partial charge in [0.1, 0.15) is 5.15 Å². The van der Waals surface area contributed by atoms with Gasteiger partial charge in [0.15, 0.2) is 5.65 Å². The van der Waals surface area contributed by atoms with Gasteiger partial charge < -0.3 is 0 Å². The van der Waals surface area contributed by atoms with E-state index in [4.69, 9.17) is 11.6 Å². The Balaban J connectivity index is 2.08. The van der Waals surface area contributed by atoms with E-state index in [1.54, 1.807) is 12.1 Å². The van der Waals surface area contributed by atoms with E-state index in [1.165, 1.54) is 11.1 Å². The Hall–Kier alpha value is -2.13. The summed E-state index contributed by atoms with van der Waals surface area (Å²) in [5, 5.41) is 5.98. The third kappa shape index (κ3) is 2.32. The van der Waals surface area contributed by atoms with Crippen LogP contribution in [0.25, 0.3) is 17.1 Å². The monoisotopic (exact) mass is 283 g/mol. The van der Waals surface area contributed by atoms with Crippen LogP contribution >= 0.6 is 11.6 Å². The van der Waals surface area contributed by atoms with Crippen LogP contribution in [0.1, 0.15) is 16.8 Å². The predicted octanol–water partition coefficient (Wildman–Crippen LogP) is 4.08. The van der Waals surface area contributed by atoms with E-state index in [1.807, 2.05) is 10.7 Å². The van der Waals surface area contributed by atoms with Crippen LogP contribution in [0.5, 0.6) is 0 Å². The fraction of sp³-hybridized carbons (Fsp3) is 0.125.